The summed E-state index contributed by atoms with van der Waals surface area (Å²) >= 11 is 0. The van der Waals surface area contributed by atoms with E-state index in [4.69, 9.17) is 5.73 Å². The van der Waals surface area contributed by atoms with Crippen molar-refractivity contribution >= 4 is 9.84 Å². The van der Waals surface area contributed by atoms with Gasteiger partial charge in [-0.15, -0.1) is 0 Å². The van der Waals surface area contributed by atoms with Gasteiger partial charge < -0.3 is 5.73 Å². The molecule has 1 fully saturated rings. The molecule has 1 aliphatic rings. The third-order valence-corrected chi connectivity index (χ3v) is 5.26. The number of hydrogen-bond acceptors (Lipinski definition) is 4. The fourth-order valence-corrected chi connectivity index (χ4v) is 2.74. The molecule has 96 valence electrons. The van der Waals surface area contributed by atoms with Crippen LogP contribution < -0.4 is 5.73 Å². The Hall–Kier alpha value is -0.130. The lowest BCUT2D eigenvalue weighted by atomic mass is 9.82. The quantitative estimate of drug-likeness (QED) is 0.742. The molecule has 2 N–H and O–H groups in total. The van der Waals surface area contributed by atoms with Gasteiger partial charge in [0.15, 0.2) is 0 Å². The monoisotopic (exact) mass is 248 g/mol. The van der Waals surface area contributed by atoms with Crippen LogP contribution in [0.25, 0.3) is 0 Å². The highest BCUT2D eigenvalue weighted by molar-refractivity contribution is 7.90. The molecular formula is C11H24N2O2S. The van der Waals surface area contributed by atoms with E-state index in [9.17, 15) is 8.42 Å². The van der Waals surface area contributed by atoms with Gasteiger partial charge in [0.2, 0.25) is 0 Å². The summed E-state index contributed by atoms with van der Waals surface area (Å²) in [5, 5.41) is 0. The standard InChI is InChI=1S/C11H24N2O2S/c1-10(5-6-10)11(2,9-12)13(3)7-8-16(4,14)15/h5-9,12H2,1-4H3. The van der Waals surface area contributed by atoms with Crippen molar-refractivity contribution in [3.8, 4) is 0 Å². The molecular weight excluding hydrogens is 224 g/mol. The van der Waals surface area contributed by atoms with Crippen LogP contribution in [0.1, 0.15) is 26.7 Å². The number of nitrogens with two attached hydrogens (primary N) is 1. The van der Waals surface area contributed by atoms with Crippen LogP contribution in [0.3, 0.4) is 0 Å². The third kappa shape index (κ3) is 2.76. The molecule has 1 saturated carbocycles. The first-order valence-corrected chi connectivity index (χ1v) is 7.80. The molecule has 0 bridgehead atoms. The average Bonchev–Trinajstić information content (AvgIpc) is 2.91. The highest BCUT2D eigenvalue weighted by Crippen LogP contribution is 2.55. The molecule has 4 nitrogen and oxygen atoms in total. The van der Waals surface area contributed by atoms with E-state index in [1.807, 2.05) is 7.05 Å². The third-order valence-electron chi connectivity index (χ3n) is 4.34. The molecule has 0 aromatic rings. The molecule has 0 aliphatic heterocycles. The van der Waals surface area contributed by atoms with Crippen LogP contribution in [0.5, 0.6) is 0 Å². The van der Waals surface area contributed by atoms with Crippen LogP contribution in [0.15, 0.2) is 0 Å². The lowest BCUT2D eigenvalue weighted by molar-refractivity contribution is 0.0788. The van der Waals surface area contributed by atoms with Gasteiger partial charge in [-0.25, -0.2) is 8.42 Å². The zero-order valence-corrected chi connectivity index (χ0v) is 11.6. The van der Waals surface area contributed by atoms with Gasteiger partial charge in [0.05, 0.1) is 5.75 Å². The fourth-order valence-electron chi connectivity index (χ4n) is 2.14. The molecule has 1 atom stereocenters. The van der Waals surface area contributed by atoms with Crippen LogP contribution in [0.4, 0.5) is 0 Å². The summed E-state index contributed by atoms with van der Waals surface area (Å²) in [7, 11) is -0.921. The number of likely N-dealkylation sites (N-methyl/N-ethyl adjacent to an activating group) is 1. The van der Waals surface area contributed by atoms with Gasteiger partial charge in [0.1, 0.15) is 9.84 Å². The minimum atomic E-state index is -2.90. The first kappa shape index (κ1) is 13.9. The Bertz CT molecular complexity index is 349. The van der Waals surface area contributed by atoms with Crippen LogP contribution in [-0.4, -0.2) is 51.0 Å². The van der Waals surface area contributed by atoms with Gasteiger partial charge >= 0.3 is 0 Å². The Labute approximate surface area is 99.1 Å². The van der Waals surface area contributed by atoms with Crippen LogP contribution >= 0.6 is 0 Å². The van der Waals surface area contributed by atoms with Crippen molar-refractivity contribution in [1.82, 2.24) is 4.90 Å². The van der Waals surface area contributed by atoms with E-state index in [0.717, 1.165) is 0 Å². The largest absolute Gasteiger partial charge is 0.329 e. The zero-order valence-electron chi connectivity index (χ0n) is 10.8. The van der Waals surface area contributed by atoms with E-state index in [-0.39, 0.29) is 16.7 Å². The number of sulfone groups is 1. The highest BCUT2D eigenvalue weighted by Gasteiger charge is 2.54. The second-order valence-electron chi connectivity index (χ2n) is 5.59. The molecule has 0 heterocycles. The predicted octanol–water partition coefficient (Wildman–Crippen LogP) is 0.480. The minimum absolute atomic E-state index is 0.0856. The van der Waals surface area contributed by atoms with Crippen LogP contribution in [-0.2, 0) is 9.84 Å². The Balaban J connectivity index is 2.67. The maximum Gasteiger partial charge on any atom is 0.148 e. The first-order valence-electron chi connectivity index (χ1n) is 5.74. The van der Waals surface area contributed by atoms with E-state index in [2.05, 4.69) is 18.7 Å². The summed E-state index contributed by atoms with van der Waals surface area (Å²) in [6.07, 6.45) is 3.65. The first-order chi connectivity index (χ1) is 7.15. The minimum Gasteiger partial charge on any atom is -0.329 e. The maximum atomic E-state index is 11.2. The molecule has 0 saturated heterocycles. The molecule has 16 heavy (non-hydrogen) atoms. The van der Waals surface area contributed by atoms with Crippen molar-refractivity contribution in [2.45, 2.75) is 32.2 Å². The van der Waals surface area contributed by atoms with Crippen molar-refractivity contribution in [2.24, 2.45) is 11.1 Å². The van der Waals surface area contributed by atoms with Crippen molar-refractivity contribution in [2.75, 3.05) is 32.1 Å². The summed E-state index contributed by atoms with van der Waals surface area (Å²) in [5.41, 5.74) is 6.05. The zero-order chi connectivity index (χ0) is 12.6. The summed E-state index contributed by atoms with van der Waals surface area (Å²) in [4.78, 5) is 2.11. The van der Waals surface area contributed by atoms with Crippen molar-refractivity contribution in [1.29, 1.82) is 0 Å². The SMILES string of the molecule is CN(CCS(C)(=O)=O)C(C)(CN)C1(C)CC1. The second-order valence-corrected chi connectivity index (χ2v) is 7.85. The fraction of sp³-hybridized carbons (Fsp3) is 1.00. The van der Waals surface area contributed by atoms with E-state index in [1.165, 1.54) is 19.1 Å². The summed E-state index contributed by atoms with van der Waals surface area (Å²) in [6, 6.07) is 0. The van der Waals surface area contributed by atoms with Gasteiger partial charge in [-0.1, -0.05) is 6.92 Å². The molecule has 0 radical (unpaired) electrons. The van der Waals surface area contributed by atoms with Gasteiger partial charge in [0.25, 0.3) is 0 Å². The molecule has 0 amide bonds. The highest BCUT2D eigenvalue weighted by atomic mass is 32.2. The summed E-state index contributed by atoms with van der Waals surface area (Å²) < 4.78 is 22.3. The molecule has 0 aromatic carbocycles. The van der Waals surface area contributed by atoms with E-state index in [0.29, 0.717) is 13.1 Å². The normalized spacial score (nSPS) is 23.1. The lowest BCUT2D eigenvalue weighted by Gasteiger charge is -2.43. The number of nitrogens with zero attached hydrogens (tertiary/aromatic N) is 1. The summed E-state index contributed by atoms with van der Waals surface area (Å²) in [6.45, 7) is 5.50. The topological polar surface area (TPSA) is 63.4 Å². The van der Waals surface area contributed by atoms with Crippen LogP contribution in [0, 0.1) is 5.41 Å². The average molecular weight is 248 g/mol. The Morgan fingerprint density at radius 1 is 1.44 bits per heavy atom. The predicted molar refractivity (Wildman–Crippen MR) is 67.1 cm³/mol. The van der Waals surface area contributed by atoms with E-state index < -0.39 is 9.84 Å². The molecule has 1 unspecified atom stereocenters. The maximum absolute atomic E-state index is 11.2. The van der Waals surface area contributed by atoms with Gasteiger partial charge in [-0.05, 0) is 32.2 Å². The molecule has 0 aromatic heterocycles. The number of hydrogen-bond donors (Lipinski definition) is 1. The van der Waals surface area contributed by atoms with E-state index in [1.54, 1.807) is 0 Å². The molecule has 0 spiro atoms. The Kier molecular flexibility index (Phi) is 3.72. The molecule has 1 rings (SSSR count). The summed E-state index contributed by atoms with van der Waals surface area (Å²) in [5.74, 6) is 0.204. The Morgan fingerprint density at radius 3 is 2.25 bits per heavy atom. The van der Waals surface area contributed by atoms with E-state index >= 15 is 0 Å². The lowest BCUT2D eigenvalue weighted by Crippen LogP contribution is -2.56. The Morgan fingerprint density at radius 2 is 1.94 bits per heavy atom. The second kappa shape index (κ2) is 4.27. The van der Waals surface area contributed by atoms with Crippen LogP contribution in [0.2, 0.25) is 0 Å². The van der Waals surface area contributed by atoms with Crippen molar-refractivity contribution < 1.29 is 8.42 Å². The molecule has 5 heteroatoms. The molecule has 1 aliphatic carbocycles. The van der Waals surface area contributed by atoms with Gasteiger partial charge in [0, 0.05) is 24.9 Å². The van der Waals surface area contributed by atoms with Crippen molar-refractivity contribution in [3.05, 3.63) is 0 Å². The van der Waals surface area contributed by atoms with Gasteiger partial charge in [-0.3, -0.25) is 4.90 Å². The smallest absolute Gasteiger partial charge is 0.148 e. The number of rotatable bonds is 6. The van der Waals surface area contributed by atoms with Gasteiger partial charge in [-0.2, -0.15) is 0 Å². The van der Waals surface area contributed by atoms with Crippen molar-refractivity contribution in [3.63, 3.8) is 0 Å².